The minimum Gasteiger partial charge on any atom is -0.381 e. The number of hydrogen-bond acceptors (Lipinski definition) is 3. The molecule has 0 saturated heterocycles. The van der Waals surface area contributed by atoms with E-state index < -0.39 is 0 Å². The highest BCUT2D eigenvalue weighted by Gasteiger charge is 1.92. The molecule has 0 fully saturated rings. The van der Waals surface area contributed by atoms with Crippen molar-refractivity contribution in [2.45, 2.75) is 51.4 Å². The van der Waals surface area contributed by atoms with E-state index in [0.717, 1.165) is 32.7 Å². The molecule has 0 unspecified atom stereocenters. The lowest BCUT2D eigenvalue weighted by atomic mass is 10.1. The highest BCUT2D eigenvalue weighted by molar-refractivity contribution is 4.46. The summed E-state index contributed by atoms with van der Waals surface area (Å²) >= 11 is 0. The largest absolute Gasteiger partial charge is 0.381 e. The second kappa shape index (κ2) is 13.9. The van der Waals surface area contributed by atoms with E-state index in [4.69, 9.17) is 16.2 Å². The number of unbranched alkanes of at least 4 members (excludes halogenated alkanes) is 6. The molecule has 92 valence electrons. The quantitative estimate of drug-likeness (QED) is 0.491. The van der Waals surface area contributed by atoms with Crippen molar-refractivity contribution in [3.8, 4) is 0 Å². The summed E-state index contributed by atoms with van der Waals surface area (Å²) in [5, 5.41) is 0. The first kappa shape index (κ1) is 14.9. The predicted molar refractivity (Wildman–Crippen MR) is 65.9 cm³/mol. The van der Waals surface area contributed by atoms with Crippen LogP contribution in [0.3, 0.4) is 0 Å². The molecule has 0 aliphatic heterocycles. The van der Waals surface area contributed by atoms with Crippen LogP contribution in [0.4, 0.5) is 0 Å². The predicted octanol–water partition coefficient (Wildman–Crippen LogP) is 2.04. The smallest absolute Gasteiger partial charge is 0.0478 e. The Kier molecular flexibility index (Phi) is 13.8. The molecule has 0 spiro atoms. The standard InChI is InChI=1S/C12H28N2O/c13-9-6-4-2-1-3-5-7-11-15-12-8-10-14/h1-14H2. The third kappa shape index (κ3) is 13.9. The maximum atomic E-state index is 5.42. The molecule has 0 bridgehead atoms. The van der Waals surface area contributed by atoms with Crippen molar-refractivity contribution in [2.24, 2.45) is 11.5 Å². The molecule has 0 amide bonds. The summed E-state index contributed by atoms with van der Waals surface area (Å²) in [5.41, 5.74) is 10.8. The van der Waals surface area contributed by atoms with E-state index >= 15 is 0 Å². The lowest BCUT2D eigenvalue weighted by molar-refractivity contribution is 0.129. The van der Waals surface area contributed by atoms with Crippen molar-refractivity contribution in [3.05, 3.63) is 0 Å². The van der Waals surface area contributed by atoms with Gasteiger partial charge in [-0.3, -0.25) is 0 Å². The normalized spacial score (nSPS) is 10.8. The summed E-state index contributed by atoms with van der Waals surface area (Å²) in [6.07, 6.45) is 9.98. The molecular weight excluding hydrogens is 188 g/mol. The molecule has 4 N–H and O–H groups in total. The molecule has 0 heterocycles. The second-order valence-electron chi connectivity index (χ2n) is 4.02. The Hall–Kier alpha value is -0.120. The Morgan fingerprint density at radius 2 is 1.00 bits per heavy atom. The third-order valence-corrected chi connectivity index (χ3v) is 2.49. The summed E-state index contributed by atoms with van der Waals surface area (Å²) in [6.45, 7) is 3.31. The van der Waals surface area contributed by atoms with Crippen LogP contribution in [0.15, 0.2) is 0 Å². The molecule has 0 saturated carbocycles. The zero-order valence-electron chi connectivity index (χ0n) is 10.0. The zero-order chi connectivity index (χ0) is 11.2. The van der Waals surface area contributed by atoms with Gasteiger partial charge < -0.3 is 16.2 Å². The third-order valence-electron chi connectivity index (χ3n) is 2.49. The fraction of sp³-hybridized carbons (Fsp3) is 1.00. The Balaban J connectivity index is 2.81. The fourth-order valence-corrected chi connectivity index (χ4v) is 1.52. The molecule has 0 aromatic rings. The molecule has 0 aliphatic carbocycles. The van der Waals surface area contributed by atoms with Gasteiger partial charge in [0.25, 0.3) is 0 Å². The molecule has 3 heteroatoms. The average Bonchev–Trinajstić information content (AvgIpc) is 2.26. The van der Waals surface area contributed by atoms with Gasteiger partial charge in [-0.2, -0.15) is 0 Å². The first-order chi connectivity index (χ1) is 7.41. The maximum absolute atomic E-state index is 5.42. The van der Waals surface area contributed by atoms with Gasteiger partial charge in [0.1, 0.15) is 0 Å². The first-order valence-electron chi connectivity index (χ1n) is 6.39. The molecule has 0 atom stereocenters. The Bertz CT molecular complexity index is 97.8. The van der Waals surface area contributed by atoms with Crippen molar-refractivity contribution in [2.75, 3.05) is 26.3 Å². The van der Waals surface area contributed by atoms with Crippen LogP contribution in [-0.2, 0) is 4.74 Å². The van der Waals surface area contributed by atoms with E-state index in [2.05, 4.69) is 0 Å². The topological polar surface area (TPSA) is 61.3 Å². The van der Waals surface area contributed by atoms with Gasteiger partial charge in [-0.25, -0.2) is 0 Å². The fourth-order valence-electron chi connectivity index (χ4n) is 1.52. The summed E-state index contributed by atoms with van der Waals surface area (Å²) in [5.74, 6) is 0. The van der Waals surface area contributed by atoms with E-state index in [0.29, 0.717) is 0 Å². The Labute approximate surface area is 94.5 Å². The van der Waals surface area contributed by atoms with Crippen LogP contribution in [0.5, 0.6) is 0 Å². The molecule has 0 aromatic heterocycles. The average molecular weight is 216 g/mol. The van der Waals surface area contributed by atoms with E-state index in [1.54, 1.807) is 0 Å². The monoisotopic (exact) mass is 216 g/mol. The molecule has 0 radical (unpaired) electrons. The van der Waals surface area contributed by atoms with Crippen molar-refractivity contribution >= 4 is 0 Å². The van der Waals surface area contributed by atoms with Gasteiger partial charge in [-0.1, -0.05) is 32.1 Å². The minimum atomic E-state index is 0.737. The van der Waals surface area contributed by atoms with Crippen LogP contribution < -0.4 is 11.5 Å². The Morgan fingerprint density at radius 3 is 1.60 bits per heavy atom. The highest BCUT2D eigenvalue weighted by atomic mass is 16.5. The minimum absolute atomic E-state index is 0.737. The lowest BCUT2D eigenvalue weighted by Crippen LogP contribution is -2.04. The summed E-state index contributed by atoms with van der Waals surface area (Å²) in [6, 6.07) is 0. The van der Waals surface area contributed by atoms with Crippen molar-refractivity contribution in [3.63, 3.8) is 0 Å². The van der Waals surface area contributed by atoms with Gasteiger partial charge in [0.2, 0.25) is 0 Å². The molecule has 15 heavy (non-hydrogen) atoms. The summed E-state index contributed by atoms with van der Waals surface area (Å²) in [4.78, 5) is 0. The van der Waals surface area contributed by atoms with Crippen LogP contribution in [0, 0.1) is 0 Å². The van der Waals surface area contributed by atoms with E-state index in [-0.39, 0.29) is 0 Å². The van der Waals surface area contributed by atoms with Crippen LogP contribution in [0.2, 0.25) is 0 Å². The summed E-state index contributed by atoms with van der Waals surface area (Å²) in [7, 11) is 0. The van der Waals surface area contributed by atoms with Gasteiger partial charge in [-0.15, -0.1) is 0 Å². The molecule has 0 rings (SSSR count). The van der Waals surface area contributed by atoms with E-state index in [1.165, 1.54) is 44.9 Å². The van der Waals surface area contributed by atoms with Crippen LogP contribution >= 0.6 is 0 Å². The van der Waals surface area contributed by atoms with Gasteiger partial charge in [0.05, 0.1) is 0 Å². The van der Waals surface area contributed by atoms with Crippen molar-refractivity contribution in [1.82, 2.24) is 0 Å². The Morgan fingerprint density at radius 1 is 0.533 bits per heavy atom. The van der Waals surface area contributed by atoms with Crippen LogP contribution in [-0.4, -0.2) is 26.3 Å². The highest BCUT2D eigenvalue weighted by Crippen LogP contribution is 2.06. The first-order valence-corrected chi connectivity index (χ1v) is 6.39. The molecule has 0 aromatic carbocycles. The van der Waals surface area contributed by atoms with Gasteiger partial charge >= 0.3 is 0 Å². The number of ether oxygens (including phenoxy) is 1. The zero-order valence-corrected chi connectivity index (χ0v) is 10.0. The summed E-state index contributed by atoms with van der Waals surface area (Å²) < 4.78 is 5.42. The second-order valence-corrected chi connectivity index (χ2v) is 4.02. The van der Waals surface area contributed by atoms with Crippen LogP contribution in [0.1, 0.15) is 51.4 Å². The van der Waals surface area contributed by atoms with Crippen LogP contribution in [0.25, 0.3) is 0 Å². The number of rotatable bonds is 12. The molecule has 0 aliphatic rings. The van der Waals surface area contributed by atoms with Crippen molar-refractivity contribution < 1.29 is 4.74 Å². The van der Waals surface area contributed by atoms with Gasteiger partial charge in [0, 0.05) is 13.2 Å². The van der Waals surface area contributed by atoms with E-state index in [1.807, 2.05) is 0 Å². The van der Waals surface area contributed by atoms with Crippen molar-refractivity contribution in [1.29, 1.82) is 0 Å². The maximum Gasteiger partial charge on any atom is 0.0478 e. The number of hydrogen-bond donors (Lipinski definition) is 2. The van der Waals surface area contributed by atoms with E-state index in [9.17, 15) is 0 Å². The SMILES string of the molecule is NCCCCCCCCCOCCCN. The van der Waals surface area contributed by atoms with Gasteiger partial charge in [-0.05, 0) is 32.4 Å². The van der Waals surface area contributed by atoms with Gasteiger partial charge in [0.15, 0.2) is 0 Å². The number of nitrogens with two attached hydrogens (primary N) is 2. The lowest BCUT2D eigenvalue weighted by Gasteiger charge is -2.03. The molecular formula is C12H28N2O. The molecule has 3 nitrogen and oxygen atoms in total.